The molecule has 2 aliphatic rings. The van der Waals surface area contributed by atoms with Crippen LogP contribution in [0.4, 0.5) is 0 Å². The Bertz CT molecular complexity index is 1200. The smallest absolute Gasteiger partial charge is 0.306 e. The highest BCUT2D eigenvalue weighted by Gasteiger charge is 2.45. The van der Waals surface area contributed by atoms with E-state index in [9.17, 15) is 9.90 Å². The summed E-state index contributed by atoms with van der Waals surface area (Å²) in [5.41, 5.74) is 3.58. The van der Waals surface area contributed by atoms with Crippen molar-refractivity contribution in [2.45, 2.75) is 82.8 Å². The number of carbonyl (C=O) groups is 1. The predicted molar refractivity (Wildman–Crippen MR) is 166 cm³/mol. The molecule has 41 heavy (non-hydrogen) atoms. The van der Waals surface area contributed by atoms with E-state index in [1.165, 1.54) is 30.4 Å². The molecule has 6 heteroatoms. The van der Waals surface area contributed by atoms with Crippen molar-refractivity contribution in [3.63, 3.8) is 0 Å². The van der Waals surface area contributed by atoms with Crippen LogP contribution >= 0.6 is 11.3 Å². The second-order valence-corrected chi connectivity index (χ2v) is 12.3. The van der Waals surface area contributed by atoms with Crippen LogP contribution in [0.1, 0.15) is 61.8 Å². The van der Waals surface area contributed by atoms with Gasteiger partial charge >= 0.3 is 5.97 Å². The molecule has 1 saturated carbocycles. The lowest BCUT2D eigenvalue weighted by atomic mass is 9.92. The van der Waals surface area contributed by atoms with Gasteiger partial charge in [0.25, 0.3) is 0 Å². The summed E-state index contributed by atoms with van der Waals surface area (Å²) in [4.78, 5) is 15.6. The van der Waals surface area contributed by atoms with E-state index in [1.54, 1.807) is 11.3 Å². The van der Waals surface area contributed by atoms with Gasteiger partial charge in [-0.1, -0.05) is 79.2 Å². The monoisotopic (exact) mass is 573 g/mol. The van der Waals surface area contributed by atoms with Gasteiger partial charge in [0.15, 0.2) is 0 Å². The second kappa shape index (κ2) is 15.5. The Morgan fingerprint density at radius 3 is 2.41 bits per heavy atom. The molecule has 5 rings (SSSR count). The first-order valence-electron chi connectivity index (χ1n) is 15.2. The Labute approximate surface area is 248 Å². The Balaban J connectivity index is 1.13. The molecule has 0 radical (unpaired) electrons. The average molecular weight is 574 g/mol. The quantitative estimate of drug-likeness (QED) is 0.171. The van der Waals surface area contributed by atoms with Crippen molar-refractivity contribution in [1.82, 2.24) is 4.90 Å². The van der Waals surface area contributed by atoms with Crippen LogP contribution in [0.15, 0.2) is 84.3 Å². The number of ether oxygens (including phenoxy) is 2. The summed E-state index contributed by atoms with van der Waals surface area (Å²) in [6.07, 6.45) is 11.3. The maximum atomic E-state index is 12.1. The summed E-state index contributed by atoms with van der Waals surface area (Å²) in [5, 5.41) is 13.2. The normalized spacial score (nSPS) is 23.2. The first-order chi connectivity index (χ1) is 20.2. The lowest BCUT2D eigenvalue weighted by molar-refractivity contribution is -0.144. The van der Waals surface area contributed by atoms with Crippen LogP contribution in [0.5, 0.6) is 0 Å². The van der Waals surface area contributed by atoms with E-state index in [0.717, 1.165) is 36.4 Å². The van der Waals surface area contributed by atoms with Crippen LogP contribution in [-0.4, -0.2) is 47.3 Å². The fourth-order valence-corrected chi connectivity index (χ4v) is 6.92. The highest BCUT2D eigenvalue weighted by atomic mass is 32.1. The number of esters is 1. The molecular formula is C35H43NO4S. The van der Waals surface area contributed by atoms with E-state index in [1.807, 2.05) is 23.6 Å². The largest absolute Gasteiger partial charge is 0.460 e. The molecule has 2 aromatic carbocycles. The number of nitrogens with zero attached hydrogens (tertiary/aromatic N) is 1. The standard InChI is InChI=1S/C35H43NO4S/c37-32-24-33(39-25-27-17-19-29(20-18-27)28-12-5-3-6-13-28)31(35(32)36-21-9-4-10-22-36)15-7-1-2-8-16-34(38)40-26-30-14-11-23-41-30/h1-3,5-6,11-14,17-20,23,31-33,35,37H,4,7-10,15-16,21-22,24-26H2/t31-,32-,33-,35+/m0/s1. The maximum Gasteiger partial charge on any atom is 0.306 e. The molecule has 5 nitrogen and oxygen atoms in total. The molecular weight excluding hydrogens is 530 g/mol. The molecule has 2 fully saturated rings. The van der Waals surface area contributed by atoms with E-state index < -0.39 is 0 Å². The van der Waals surface area contributed by atoms with Crippen LogP contribution < -0.4 is 0 Å². The number of hydrogen-bond acceptors (Lipinski definition) is 6. The Morgan fingerprint density at radius 2 is 1.66 bits per heavy atom. The Morgan fingerprint density at radius 1 is 0.902 bits per heavy atom. The number of benzene rings is 2. The zero-order chi connectivity index (χ0) is 28.3. The lowest BCUT2D eigenvalue weighted by Gasteiger charge is -2.38. The van der Waals surface area contributed by atoms with Gasteiger partial charge in [0, 0.05) is 29.7 Å². The number of aliphatic hydroxyl groups excluding tert-OH is 1. The molecule has 0 spiro atoms. The summed E-state index contributed by atoms with van der Waals surface area (Å²) in [6, 6.07) is 23.1. The van der Waals surface area contributed by atoms with E-state index in [2.05, 4.69) is 65.6 Å². The van der Waals surface area contributed by atoms with Crippen molar-refractivity contribution >= 4 is 17.3 Å². The Hall–Kier alpha value is -2.77. The lowest BCUT2D eigenvalue weighted by Crippen LogP contribution is -2.47. The van der Waals surface area contributed by atoms with E-state index in [0.29, 0.717) is 32.5 Å². The minimum Gasteiger partial charge on any atom is -0.460 e. The van der Waals surface area contributed by atoms with Gasteiger partial charge in [0.1, 0.15) is 6.61 Å². The third kappa shape index (κ3) is 8.62. The summed E-state index contributed by atoms with van der Waals surface area (Å²) >= 11 is 1.60. The van der Waals surface area contributed by atoms with E-state index >= 15 is 0 Å². The van der Waals surface area contributed by atoms with Gasteiger partial charge in [0.2, 0.25) is 0 Å². The first-order valence-corrected chi connectivity index (χ1v) is 16.1. The first kappa shape index (κ1) is 29.7. The summed E-state index contributed by atoms with van der Waals surface area (Å²) in [7, 11) is 0. The van der Waals surface area contributed by atoms with Gasteiger partial charge in [0.05, 0.1) is 18.8 Å². The number of rotatable bonds is 13. The number of likely N-dealkylation sites (tertiary alicyclic amines) is 1. The number of aliphatic hydroxyl groups is 1. The number of thiophene rings is 1. The van der Waals surface area contributed by atoms with Crippen LogP contribution in [0.2, 0.25) is 0 Å². The van der Waals surface area contributed by atoms with E-state index in [-0.39, 0.29) is 30.1 Å². The Kier molecular flexibility index (Phi) is 11.2. The SMILES string of the molecule is O=C(CCC=CCC[C@@H]1[C@@H](N2CCCCC2)[C@@H](O)C[C@@H]1OCc1ccc(-c2ccccc2)cc1)OCc1cccs1. The summed E-state index contributed by atoms with van der Waals surface area (Å²) in [6.45, 7) is 3.05. The molecule has 0 amide bonds. The van der Waals surface area contributed by atoms with Crippen LogP contribution in [-0.2, 0) is 27.5 Å². The third-order valence-electron chi connectivity index (χ3n) is 8.43. The summed E-state index contributed by atoms with van der Waals surface area (Å²) in [5.74, 6) is 0.129. The van der Waals surface area contributed by atoms with Crippen LogP contribution in [0.25, 0.3) is 11.1 Å². The number of hydrogen-bond donors (Lipinski definition) is 1. The topological polar surface area (TPSA) is 59.0 Å². The predicted octanol–water partition coefficient (Wildman–Crippen LogP) is 7.40. The van der Waals surface area contributed by atoms with Crippen LogP contribution in [0, 0.1) is 5.92 Å². The molecule has 1 N–H and O–H groups in total. The molecule has 1 aromatic heterocycles. The molecule has 1 saturated heterocycles. The van der Waals surface area contributed by atoms with Gasteiger partial charge in [-0.25, -0.2) is 0 Å². The van der Waals surface area contributed by atoms with Crippen molar-refractivity contribution in [3.8, 4) is 11.1 Å². The molecule has 1 aliphatic carbocycles. The van der Waals surface area contributed by atoms with Crippen molar-refractivity contribution in [2.24, 2.45) is 5.92 Å². The fourth-order valence-electron chi connectivity index (χ4n) is 6.31. The highest BCUT2D eigenvalue weighted by molar-refractivity contribution is 7.09. The molecule has 0 unspecified atom stereocenters. The molecule has 1 aliphatic heterocycles. The van der Waals surface area contributed by atoms with Gasteiger partial charge < -0.3 is 14.6 Å². The van der Waals surface area contributed by atoms with Crippen molar-refractivity contribution in [3.05, 3.63) is 94.7 Å². The third-order valence-corrected chi connectivity index (χ3v) is 9.28. The minimum absolute atomic E-state index is 0.0337. The average Bonchev–Trinajstić information content (AvgIpc) is 3.65. The molecule has 0 bridgehead atoms. The number of allylic oxidation sites excluding steroid dienone is 2. The van der Waals surface area contributed by atoms with Crippen molar-refractivity contribution in [2.75, 3.05) is 13.1 Å². The fraction of sp³-hybridized carbons (Fsp3) is 0.457. The van der Waals surface area contributed by atoms with E-state index in [4.69, 9.17) is 9.47 Å². The zero-order valence-corrected chi connectivity index (χ0v) is 24.7. The second-order valence-electron chi connectivity index (χ2n) is 11.3. The van der Waals surface area contributed by atoms with Gasteiger partial charge in [-0.05, 0) is 73.3 Å². The number of piperidine rings is 1. The minimum atomic E-state index is -0.356. The van der Waals surface area contributed by atoms with Crippen molar-refractivity contribution < 1.29 is 19.4 Å². The highest BCUT2D eigenvalue weighted by Crippen LogP contribution is 2.38. The molecule has 2 heterocycles. The molecule has 3 aromatic rings. The zero-order valence-electron chi connectivity index (χ0n) is 23.9. The van der Waals surface area contributed by atoms with Gasteiger partial charge in [-0.3, -0.25) is 9.69 Å². The van der Waals surface area contributed by atoms with Crippen molar-refractivity contribution in [1.29, 1.82) is 0 Å². The van der Waals surface area contributed by atoms with Gasteiger partial charge in [-0.2, -0.15) is 0 Å². The number of carbonyl (C=O) groups excluding carboxylic acids is 1. The van der Waals surface area contributed by atoms with Gasteiger partial charge in [-0.15, -0.1) is 11.3 Å². The molecule has 4 atom stereocenters. The molecule has 218 valence electrons. The van der Waals surface area contributed by atoms with Crippen LogP contribution in [0.3, 0.4) is 0 Å². The maximum absolute atomic E-state index is 12.1. The summed E-state index contributed by atoms with van der Waals surface area (Å²) < 4.78 is 11.9.